The average Bonchev–Trinajstić information content (AvgIpc) is 3.34. The normalized spacial score (nSPS) is 14.0. The highest BCUT2D eigenvalue weighted by molar-refractivity contribution is 5.94. The zero-order valence-corrected chi connectivity index (χ0v) is 19.5. The van der Waals surface area contributed by atoms with Crippen molar-refractivity contribution in [1.29, 1.82) is 5.26 Å². The summed E-state index contributed by atoms with van der Waals surface area (Å²) in [7, 11) is 2.07. The van der Waals surface area contributed by atoms with Gasteiger partial charge in [0, 0.05) is 43.6 Å². The smallest absolute Gasteiger partial charge is 0.336 e. The van der Waals surface area contributed by atoms with E-state index >= 15 is 0 Å². The molecule has 1 aliphatic heterocycles. The molecule has 4 N–H and O–H groups in total. The zero-order valence-electron chi connectivity index (χ0n) is 19.5. The summed E-state index contributed by atoms with van der Waals surface area (Å²) in [6.07, 6.45) is 2.20. The molecule has 9 nitrogen and oxygen atoms in total. The van der Waals surface area contributed by atoms with Crippen LogP contribution in [0.15, 0.2) is 60.8 Å². The fourth-order valence-electron chi connectivity index (χ4n) is 4.16. The van der Waals surface area contributed by atoms with Gasteiger partial charge in [-0.2, -0.15) is 5.26 Å². The summed E-state index contributed by atoms with van der Waals surface area (Å²) in [6.45, 7) is 3.29. The zero-order chi connectivity index (χ0) is 24.2. The van der Waals surface area contributed by atoms with Crippen LogP contribution in [0.1, 0.15) is 15.9 Å². The first kappa shape index (κ1) is 22.4. The fraction of sp³-hybridized carbons (Fsp3) is 0.231. The third kappa shape index (κ3) is 5.08. The van der Waals surface area contributed by atoms with Crippen molar-refractivity contribution < 1.29 is 9.78 Å². The molecule has 1 saturated heterocycles. The van der Waals surface area contributed by atoms with Crippen LogP contribution in [0.25, 0.3) is 11.0 Å². The van der Waals surface area contributed by atoms with E-state index in [0.717, 1.165) is 54.2 Å². The van der Waals surface area contributed by atoms with Gasteiger partial charge in [0.1, 0.15) is 0 Å². The third-order valence-corrected chi connectivity index (χ3v) is 6.13. The first-order valence-corrected chi connectivity index (χ1v) is 11.6. The van der Waals surface area contributed by atoms with E-state index in [0.29, 0.717) is 23.8 Å². The molecule has 0 bridgehead atoms. The maximum atomic E-state index is 12.8. The first-order valence-electron chi connectivity index (χ1n) is 11.6. The summed E-state index contributed by atoms with van der Waals surface area (Å²) in [5, 5.41) is 16.6. The van der Waals surface area contributed by atoms with Crippen LogP contribution < -0.4 is 15.6 Å². The number of carbonyl (C=O) groups excluding carboxylic acids is 1. The molecule has 2 aromatic carbocycles. The van der Waals surface area contributed by atoms with Gasteiger partial charge in [-0.1, -0.05) is 17.1 Å². The van der Waals surface area contributed by atoms with Crippen molar-refractivity contribution in [2.75, 3.05) is 43.9 Å². The van der Waals surface area contributed by atoms with Crippen LogP contribution in [-0.2, 0) is 6.42 Å². The van der Waals surface area contributed by atoms with Crippen molar-refractivity contribution in [2.24, 2.45) is 0 Å². The Kier molecular flexibility index (Phi) is 6.28. The topological polar surface area (TPSA) is 114 Å². The molecule has 4 aromatic rings. The molecule has 0 atom stereocenters. The van der Waals surface area contributed by atoms with Crippen LogP contribution >= 0.6 is 0 Å². The summed E-state index contributed by atoms with van der Waals surface area (Å²) in [6, 6.07) is 19.3. The Balaban J connectivity index is 1.34. The van der Waals surface area contributed by atoms with Crippen LogP contribution in [0.3, 0.4) is 0 Å². The second-order valence-corrected chi connectivity index (χ2v) is 8.66. The van der Waals surface area contributed by atoms with Crippen molar-refractivity contribution >= 4 is 40.1 Å². The summed E-state index contributed by atoms with van der Waals surface area (Å²) < 4.78 is 0. The number of benzene rings is 2. The van der Waals surface area contributed by atoms with Gasteiger partial charge in [0.15, 0.2) is 0 Å². The third-order valence-electron chi connectivity index (χ3n) is 6.13. The number of rotatable bonds is 6. The number of piperazine rings is 1. The molecule has 176 valence electrons. The molecule has 0 unspecified atom stereocenters. The molecular formula is C26H27N8O+. The molecule has 0 radical (unpaired) electrons. The van der Waals surface area contributed by atoms with E-state index in [2.05, 4.69) is 38.6 Å². The maximum Gasteiger partial charge on any atom is 0.351 e. The number of aromatic nitrogens is 3. The molecule has 35 heavy (non-hydrogen) atoms. The van der Waals surface area contributed by atoms with Crippen LogP contribution in [-0.4, -0.2) is 58.9 Å². The minimum Gasteiger partial charge on any atom is -0.336 e. The molecule has 2 aromatic heterocycles. The molecular weight excluding hydrogens is 440 g/mol. The van der Waals surface area contributed by atoms with Crippen molar-refractivity contribution in [1.82, 2.24) is 19.8 Å². The lowest BCUT2D eigenvalue weighted by Gasteiger charge is -2.32. The van der Waals surface area contributed by atoms with E-state index < -0.39 is 0 Å². The molecule has 9 heteroatoms. The van der Waals surface area contributed by atoms with E-state index in [1.165, 1.54) is 0 Å². The Morgan fingerprint density at radius 3 is 2.66 bits per heavy atom. The second-order valence-electron chi connectivity index (χ2n) is 8.66. The van der Waals surface area contributed by atoms with E-state index in [1.807, 2.05) is 65.7 Å². The minimum atomic E-state index is 0.0623. The predicted octanol–water partition coefficient (Wildman–Crippen LogP) is 3.32. The molecule has 5 rings (SSSR count). The van der Waals surface area contributed by atoms with Gasteiger partial charge in [0.2, 0.25) is 11.5 Å². The van der Waals surface area contributed by atoms with Crippen LogP contribution in [0.5, 0.6) is 0 Å². The standard InChI is InChI=1S/C26H26N8O/c1-33-13-15-34(16-14-33)25(35)19-5-7-20(8-6-19)30-26-31-23-22(10-12-28-23)24(32-26)29-21-4-2-3-18(17-21)9-11-27/h2-8,10,12,17H,9,13-16H2,1H3,(H3,28,29,30,31,32)/p+1. The maximum absolute atomic E-state index is 12.8. The van der Waals surface area contributed by atoms with E-state index in [-0.39, 0.29) is 5.91 Å². The number of nitriles is 1. The Morgan fingerprint density at radius 2 is 1.89 bits per heavy atom. The minimum absolute atomic E-state index is 0.0623. The summed E-state index contributed by atoms with van der Waals surface area (Å²) >= 11 is 0. The van der Waals surface area contributed by atoms with Gasteiger partial charge in [-0.3, -0.25) is 15.1 Å². The number of fused-ring (bicyclic) bond motifs is 1. The van der Waals surface area contributed by atoms with Crippen LogP contribution in [0.2, 0.25) is 0 Å². The number of nitrogens with zero attached hydrogens (tertiary/aromatic N) is 4. The second kappa shape index (κ2) is 9.83. The molecule has 0 aliphatic carbocycles. The average molecular weight is 468 g/mol. The summed E-state index contributed by atoms with van der Waals surface area (Å²) in [5.41, 5.74) is 4.11. The molecule has 0 saturated carbocycles. The molecule has 3 heterocycles. The van der Waals surface area contributed by atoms with Crippen molar-refractivity contribution in [3.05, 3.63) is 71.9 Å². The highest BCUT2D eigenvalue weighted by Crippen LogP contribution is 2.25. The lowest BCUT2D eigenvalue weighted by molar-refractivity contribution is -0.333. The Bertz CT molecular complexity index is 1380. The van der Waals surface area contributed by atoms with Gasteiger partial charge >= 0.3 is 5.95 Å². The number of nitrogens with one attached hydrogen (secondary N) is 4. The number of amides is 1. The van der Waals surface area contributed by atoms with Crippen LogP contribution in [0.4, 0.5) is 23.1 Å². The fourth-order valence-corrected chi connectivity index (χ4v) is 4.16. The van der Waals surface area contributed by atoms with E-state index in [4.69, 9.17) is 10.2 Å². The van der Waals surface area contributed by atoms with Gasteiger partial charge in [0.05, 0.1) is 23.6 Å². The van der Waals surface area contributed by atoms with E-state index in [9.17, 15) is 4.79 Å². The van der Waals surface area contributed by atoms with Crippen molar-refractivity contribution in [3.63, 3.8) is 0 Å². The highest BCUT2D eigenvalue weighted by atomic mass is 16.2. The summed E-state index contributed by atoms with van der Waals surface area (Å²) in [5.74, 6) is 1.29. The SMILES string of the molecule is CN1CCN(C(=O)c2ccc(Nc3nc(Nc4cccc(CC#N)c4)c4cc[nH]c4[nH+]3)cc2)CC1. The van der Waals surface area contributed by atoms with Gasteiger partial charge in [0.25, 0.3) is 5.91 Å². The number of hydrogen-bond acceptors (Lipinski definition) is 6. The molecule has 1 fully saturated rings. The number of H-pyrrole nitrogens is 2. The monoisotopic (exact) mass is 467 g/mol. The van der Waals surface area contributed by atoms with Gasteiger partial charge in [-0.25, -0.2) is 4.98 Å². The predicted molar refractivity (Wildman–Crippen MR) is 135 cm³/mol. The number of likely N-dealkylation sites (N-methyl/N-ethyl adjacent to an activating group) is 1. The molecule has 1 amide bonds. The Labute approximate surface area is 203 Å². The Morgan fingerprint density at radius 1 is 1.09 bits per heavy atom. The number of aromatic amines is 2. The van der Waals surface area contributed by atoms with Gasteiger partial charge < -0.3 is 15.1 Å². The van der Waals surface area contributed by atoms with Crippen molar-refractivity contribution in [3.8, 4) is 6.07 Å². The number of hydrogen-bond donors (Lipinski definition) is 3. The Hall–Kier alpha value is -4.42. The largest absolute Gasteiger partial charge is 0.351 e. The quantitative estimate of drug-likeness (QED) is 0.401. The lowest BCUT2D eigenvalue weighted by atomic mass is 10.1. The van der Waals surface area contributed by atoms with Crippen LogP contribution in [0, 0.1) is 11.3 Å². The van der Waals surface area contributed by atoms with E-state index in [1.54, 1.807) is 0 Å². The number of carbonyl (C=O) groups is 1. The first-order chi connectivity index (χ1) is 17.1. The highest BCUT2D eigenvalue weighted by Gasteiger charge is 2.20. The lowest BCUT2D eigenvalue weighted by Crippen LogP contribution is -2.47. The van der Waals surface area contributed by atoms with Crippen molar-refractivity contribution in [2.45, 2.75) is 6.42 Å². The van der Waals surface area contributed by atoms with Gasteiger partial charge in [-0.05, 0) is 55.1 Å². The van der Waals surface area contributed by atoms with Gasteiger partial charge in [-0.15, -0.1) is 0 Å². The number of anilines is 4. The molecule has 1 aliphatic rings. The summed E-state index contributed by atoms with van der Waals surface area (Å²) in [4.78, 5) is 28.1. The molecule has 0 spiro atoms.